The quantitative estimate of drug-likeness (QED) is 0.788. The lowest BCUT2D eigenvalue weighted by atomic mass is 10.0. The van der Waals surface area contributed by atoms with Crippen LogP contribution >= 0.6 is 15.9 Å². The lowest BCUT2D eigenvalue weighted by Crippen LogP contribution is -2.15. The fourth-order valence-corrected chi connectivity index (χ4v) is 0.975. The summed E-state index contributed by atoms with van der Waals surface area (Å²) in [6.07, 6.45) is 2.40. The zero-order valence-corrected chi connectivity index (χ0v) is 7.09. The van der Waals surface area contributed by atoms with Crippen LogP contribution in [0.1, 0.15) is 27.5 Å². The van der Waals surface area contributed by atoms with Gasteiger partial charge in [0, 0.05) is 30.7 Å². The molecule has 0 amide bonds. The minimum atomic E-state index is -3.08. The Labute approximate surface area is 82.8 Å². The third-order valence-corrected chi connectivity index (χ3v) is 1.56. The van der Waals surface area contributed by atoms with Crippen molar-refractivity contribution in [1.82, 2.24) is 4.98 Å². The molecule has 11 heavy (non-hydrogen) atoms. The summed E-state index contributed by atoms with van der Waals surface area (Å²) >= 11 is 3.05. The van der Waals surface area contributed by atoms with Gasteiger partial charge in [-0.15, -0.1) is 0 Å². The van der Waals surface area contributed by atoms with Crippen LogP contribution in [0.4, 0.5) is 0 Å². The van der Waals surface area contributed by atoms with E-state index in [2.05, 4.69) is 20.9 Å². The number of hydrogen-bond acceptors (Lipinski definition) is 2. The average molecular weight is 222 g/mol. The van der Waals surface area contributed by atoms with Crippen LogP contribution in [0.3, 0.4) is 0 Å². The second kappa shape index (κ2) is 2.91. The highest BCUT2D eigenvalue weighted by atomic mass is 79.9. The molecular weight excluding hydrogens is 206 g/mol. The fourth-order valence-electron chi connectivity index (χ4n) is 0.610. The maximum Gasteiger partial charge on any atom is 0.0855 e. The van der Waals surface area contributed by atoms with Crippen molar-refractivity contribution >= 4 is 15.9 Å². The summed E-state index contributed by atoms with van der Waals surface area (Å²) in [5.74, 6) is 0. The van der Waals surface area contributed by atoms with Crippen LogP contribution in [0.25, 0.3) is 0 Å². The monoisotopic (exact) mass is 221 g/mol. The van der Waals surface area contributed by atoms with Gasteiger partial charge in [0.15, 0.2) is 0 Å². The van der Waals surface area contributed by atoms with Crippen molar-refractivity contribution in [3.05, 3.63) is 28.5 Å². The number of rotatable bonds is 1. The Morgan fingerprint density at radius 1 is 1.64 bits per heavy atom. The van der Waals surface area contributed by atoms with Crippen LogP contribution in [0, 0.1) is 0 Å². The van der Waals surface area contributed by atoms with E-state index < -0.39 is 19.3 Å². The summed E-state index contributed by atoms with van der Waals surface area (Å²) in [7, 11) is 0. The summed E-state index contributed by atoms with van der Waals surface area (Å²) in [6, 6.07) is 1.23. The molecule has 0 radical (unpaired) electrons. The highest BCUT2D eigenvalue weighted by Gasteiger charge is 2.15. The highest BCUT2D eigenvalue weighted by Crippen LogP contribution is 2.21. The normalized spacial score (nSPS) is 22.0. The number of pyridine rings is 1. The van der Waals surface area contributed by atoms with E-state index in [1.54, 1.807) is 0 Å². The summed E-state index contributed by atoms with van der Waals surface area (Å²) in [6.45, 7) is -6.17. The molecule has 0 aliphatic heterocycles. The number of aliphatic hydroxyl groups is 1. The Bertz CT molecular complexity index is 401. The average Bonchev–Trinajstić information content (AvgIpc) is 2.12. The van der Waals surface area contributed by atoms with Crippen molar-refractivity contribution < 1.29 is 13.3 Å². The molecule has 0 aliphatic carbocycles. The first kappa shape index (κ1) is 3.54. The Morgan fingerprint density at radius 2 is 2.36 bits per heavy atom. The van der Waals surface area contributed by atoms with Crippen molar-refractivity contribution in [1.29, 1.82) is 0 Å². The lowest BCUT2D eigenvalue weighted by Gasteiger charge is -2.16. The number of nitrogens with zero attached hydrogens (tertiary/aromatic N) is 1. The second-order valence-corrected chi connectivity index (χ2v) is 3.02. The summed E-state index contributed by atoms with van der Waals surface area (Å²) < 4.78 is 43.8. The van der Waals surface area contributed by atoms with E-state index in [4.69, 9.17) is 8.22 Å². The fraction of sp³-hybridized carbons (Fsp3) is 0.375. The molecule has 0 aliphatic rings. The van der Waals surface area contributed by atoms with E-state index in [9.17, 15) is 5.11 Å². The van der Waals surface area contributed by atoms with Gasteiger partial charge < -0.3 is 5.11 Å². The molecule has 3 heteroatoms. The topological polar surface area (TPSA) is 33.1 Å². The maximum absolute atomic E-state index is 10.1. The van der Waals surface area contributed by atoms with Gasteiger partial charge in [-0.1, -0.05) is 0 Å². The molecule has 1 heterocycles. The molecule has 1 rings (SSSR count). The first-order chi connectivity index (χ1) is 7.50. The SMILES string of the molecule is [2H]C([2H])([2H])C(O)(c1cncc(Br)c1)C([2H])([2H])[2H]. The minimum absolute atomic E-state index is 0.271. The zero-order chi connectivity index (χ0) is 13.5. The third kappa shape index (κ3) is 2.27. The molecule has 0 unspecified atom stereocenters. The Balaban J connectivity index is 3.46. The van der Waals surface area contributed by atoms with Crippen LogP contribution in [0.5, 0.6) is 0 Å². The first-order valence-electron chi connectivity index (χ1n) is 5.83. The maximum atomic E-state index is 10.1. The van der Waals surface area contributed by atoms with Crippen molar-refractivity contribution in [3.63, 3.8) is 0 Å². The van der Waals surface area contributed by atoms with E-state index >= 15 is 0 Å². The number of halogens is 1. The molecule has 1 aromatic rings. The van der Waals surface area contributed by atoms with E-state index in [-0.39, 0.29) is 5.56 Å². The van der Waals surface area contributed by atoms with Crippen LogP contribution in [-0.4, -0.2) is 10.1 Å². The predicted molar refractivity (Wildman–Crippen MR) is 47.2 cm³/mol. The standard InChI is InChI=1S/C8H10BrNO/c1-8(2,11)6-3-7(9)5-10-4-6/h3-5,11H,1-2H3/i1D3,2D3. The van der Waals surface area contributed by atoms with E-state index in [1.165, 1.54) is 12.3 Å². The molecule has 0 aromatic carbocycles. The van der Waals surface area contributed by atoms with Crippen LogP contribution < -0.4 is 0 Å². The Morgan fingerprint density at radius 3 is 2.91 bits per heavy atom. The largest absolute Gasteiger partial charge is 0.386 e. The van der Waals surface area contributed by atoms with Crippen molar-refractivity contribution in [3.8, 4) is 0 Å². The van der Waals surface area contributed by atoms with Gasteiger partial charge in [0.05, 0.1) is 5.60 Å². The molecule has 1 aromatic heterocycles. The lowest BCUT2D eigenvalue weighted by molar-refractivity contribution is 0.0781. The third-order valence-electron chi connectivity index (χ3n) is 1.12. The Hall–Kier alpha value is -0.410. The van der Waals surface area contributed by atoms with Gasteiger partial charge in [-0.05, 0) is 35.7 Å². The molecule has 0 saturated heterocycles. The van der Waals surface area contributed by atoms with E-state index in [0.717, 1.165) is 6.20 Å². The highest BCUT2D eigenvalue weighted by molar-refractivity contribution is 9.10. The molecule has 1 N–H and O–H groups in total. The molecular formula is C8H10BrNO. The number of aromatic nitrogens is 1. The van der Waals surface area contributed by atoms with Crippen LogP contribution in [-0.2, 0) is 5.60 Å². The molecule has 2 nitrogen and oxygen atoms in total. The molecule has 0 spiro atoms. The predicted octanol–water partition coefficient (Wildman–Crippen LogP) is 2.07. The summed E-state index contributed by atoms with van der Waals surface area (Å²) in [4.78, 5) is 3.67. The van der Waals surface area contributed by atoms with Gasteiger partial charge in [-0.3, -0.25) is 4.98 Å². The van der Waals surface area contributed by atoms with Gasteiger partial charge in [0.25, 0.3) is 0 Å². The molecule has 60 valence electrons. The molecule has 0 saturated carbocycles. The van der Waals surface area contributed by atoms with Crippen molar-refractivity contribution in [2.24, 2.45) is 0 Å². The minimum Gasteiger partial charge on any atom is -0.386 e. The van der Waals surface area contributed by atoms with Crippen molar-refractivity contribution in [2.75, 3.05) is 0 Å². The van der Waals surface area contributed by atoms with Gasteiger partial charge in [0.2, 0.25) is 0 Å². The first-order valence-corrected chi connectivity index (χ1v) is 3.63. The van der Waals surface area contributed by atoms with Crippen LogP contribution in [0.2, 0.25) is 0 Å². The summed E-state index contributed by atoms with van der Waals surface area (Å²) in [5.41, 5.74) is -3.21. The summed E-state index contributed by atoms with van der Waals surface area (Å²) in [5, 5.41) is 10.1. The van der Waals surface area contributed by atoms with Crippen LogP contribution in [0.15, 0.2) is 22.9 Å². The molecule has 0 fully saturated rings. The van der Waals surface area contributed by atoms with E-state index in [0.29, 0.717) is 4.47 Å². The molecule has 0 atom stereocenters. The van der Waals surface area contributed by atoms with E-state index in [1.807, 2.05) is 0 Å². The smallest absolute Gasteiger partial charge is 0.0855 e. The second-order valence-electron chi connectivity index (χ2n) is 2.10. The Kier molecular flexibility index (Phi) is 0.937. The van der Waals surface area contributed by atoms with Gasteiger partial charge >= 0.3 is 0 Å². The van der Waals surface area contributed by atoms with Crippen molar-refractivity contribution in [2.45, 2.75) is 19.3 Å². The number of hydrogen-bond donors (Lipinski definition) is 1. The van der Waals surface area contributed by atoms with Gasteiger partial charge in [-0.2, -0.15) is 0 Å². The van der Waals surface area contributed by atoms with Gasteiger partial charge in [0.1, 0.15) is 0 Å². The zero-order valence-electron chi connectivity index (χ0n) is 11.5. The van der Waals surface area contributed by atoms with Gasteiger partial charge in [-0.25, -0.2) is 0 Å². The molecule has 0 bridgehead atoms.